The Morgan fingerprint density at radius 2 is 1.91 bits per heavy atom. The third kappa shape index (κ3) is 5.14. The van der Waals surface area contributed by atoms with E-state index < -0.39 is 0 Å². The van der Waals surface area contributed by atoms with Gasteiger partial charge in [0.15, 0.2) is 6.61 Å². The molecule has 0 radical (unpaired) electrons. The smallest absolute Gasteiger partial charge is 0.262 e. The Bertz CT molecular complexity index is 655. The van der Waals surface area contributed by atoms with E-state index in [-0.39, 0.29) is 12.5 Å². The number of hydrogen-bond donors (Lipinski definition) is 1. The van der Waals surface area contributed by atoms with E-state index >= 15 is 0 Å². The van der Waals surface area contributed by atoms with Crippen molar-refractivity contribution in [1.82, 2.24) is 0 Å². The molecular weight excluding hydrogens is 294 g/mol. The van der Waals surface area contributed by atoms with E-state index in [1.54, 1.807) is 30.3 Å². The first-order valence-corrected chi connectivity index (χ1v) is 7.42. The summed E-state index contributed by atoms with van der Waals surface area (Å²) in [6, 6.07) is 14.0. The van der Waals surface area contributed by atoms with E-state index in [0.717, 1.165) is 12.7 Å². The minimum absolute atomic E-state index is 0.122. The number of carbonyl (C=O) groups is 2. The van der Waals surface area contributed by atoms with Crippen molar-refractivity contribution >= 4 is 17.9 Å². The van der Waals surface area contributed by atoms with Crippen molar-refractivity contribution in [3.8, 4) is 11.5 Å². The van der Waals surface area contributed by atoms with Crippen molar-refractivity contribution < 1.29 is 19.1 Å². The maximum Gasteiger partial charge on any atom is 0.262 e. The molecule has 2 aromatic carbocycles. The van der Waals surface area contributed by atoms with Gasteiger partial charge >= 0.3 is 0 Å². The molecular formula is C18H19NO4. The lowest BCUT2D eigenvalue weighted by Gasteiger charge is -2.13. The zero-order valence-electron chi connectivity index (χ0n) is 13.0. The zero-order valence-corrected chi connectivity index (χ0v) is 13.0. The summed E-state index contributed by atoms with van der Waals surface area (Å²) >= 11 is 0. The number of anilines is 1. The highest BCUT2D eigenvalue weighted by Gasteiger charge is 2.10. The molecule has 0 aliphatic heterocycles. The summed E-state index contributed by atoms with van der Waals surface area (Å²) in [5, 5.41) is 2.72. The van der Waals surface area contributed by atoms with Crippen LogP contribution in [-0.4, -0.2) is 25.4 Å². The molecule has 0 atom stereocenters. The molecule has 0 unspecified atom stereocenters. The first-order chi connectivity index (χ1) is 11.2. The highest BCUT2D eigenvalue weighted by Crippen LogP contribution is 2.25. The van der Waals surface area contributed by atoms with Gasteiger partial charge in [-0.15, -0.1) is 0 Å². The lowest BCUT2D eigenvalue weighted by molar-refractivity contribution is -0.118. The number of hydrogen-bond acceptors (Lipinski definition) is 4. The van der Waals surface area contributed by atoms with Gasteiger partial charge in [0.25, 0.3) is 5.91 Å². The van der Waals surface area contributed by atoms with Crippen LogP contribution in [0.15, 0.2) is 48.5 Å². The summed E-state index contributed by atoms with van der Waals surface area (Å²) in [7, 11) is 0. The van der Waals surface area contributed by atoms with Gasteiger partial charge in [-0.3, -0.25) is 9.59 Å². The van der Waals surface area contributed by atoms with Gasteiger partial charge in [0.1, 0.15) is 17.8 Å². The first-order valence-electron chi connectivity index (χ1n) is 7.42. The van der Waals surface area contributed by atoms with E-state index in [1.165, 1.54) is 0 Å². The van der Waals surface area contributed by atoms with Gasteiger partial charge in [0.05, 0.1) is 12.3 Å². The fourth-order valence-corrected chi connectivity index (χ4v) is 1.91. The van der Waals surface area contributed by atoms with E-state index in [1.807, 2.05) is 25.1 Å². The van der Waals surface area contributed by atoms with E-state index in [9.17, 15) is 9.59 Å². The summed E-state index contributed by atoms with van der Waals surface area (Å²) < 4.78 is 11.0. The lowest BCUT2D eigenvalue weighted by Crippen LogP contribution is -2.20. The molecule has 2 aromatic rings. The lowest BCUT2D eigenvalue weighted by atomic mass is 10.2. The summed E-state index contributed by atoms with van der Waals surface area (Å²) in [5.74, 6) is 0.829. The van der Waals surface area contributed by atoms with E-state index in [2.05, 4.69) is 5.32 Å². The molecule has 1 amide bonds. The van der Waals surface area contributed by atoms with Crippen LogP contribution >= 0.6 is 0 Å². The molecule has 23 heavy (non-hydrogen) atoms. The molecule has 0 saturated heterocycles. The summed E-state index contributed by atoms with van der Waals surface area (Å²) in [6.07, 6.45) is 1.57. The molecule has 0 aliphatic rings. The third-order valence-electron chi connectivity index (χ3n) is 2.99. The maximum atomic E-state index is 12.0. The van der Waals surface area contributed by atoms with Crippen molar-refractivity contribution in [3.63, 3.8) is 0 Å². The zero-order chi connectivity index (χ0) is 16.5. The second kappa shape index (κ2) is 8.58. The molecule has 0 bridgehead atoms. The number of aldehydes is 1. The predicted molar refractivity (Wildman–Crippen MR) is 88.2 cm³/mol. The van der Waals surface area contributed by atoms with Gasteiger partial charge in [-0.25, -0.2) is 0 Å². The molecule has 0 spiro atoms. The van der Waals surface area contributed by atoms with Crippen LogP contribution in [0.3, 0.4) is 0 Å². The fraction of sp³-hybridized carbons (Fsp3) is 0.222. The van der Waals surface area contributed by atoms with Crippen LogP contribution in [0.1, 0.15) is 23.7 Å². The molecule has 0 aromatic heterocycles. The van der Waals surface area contributed by atoms with Gasteiger partial charge < -0.3 is 14.8 Å². The van der Waals surface area contributed by atoms with E-state index in [0.29, 0.717) is 29.4 Å². The monoisotopic (exact) mass is 313 g/mol. The van der Waals surface area contributed by atoms with Crippen LogP contribution in [0, 0.1) is 0 Å². The Balaban J connectivity index is 2.01. The number of benzene rings is 2. The third-order valence-corrected chi connectivity index (χ3v) is 2.99. The minimum Gasteiger partial charge on any atom is -0.491 e. The van der Waals surface area contributed by atoms with Crippen LogP contribution in [0.2, 0.25) is 0 Å². The normalized spacial score (nSPS) is 9.96. The number of rotatable bonds is 8. The average Bonchev–Trinajstić information content (AvgIpc) is 2.59. The Kier molecular flexibility index (Phi) is 6.17. The molecule has 120 valence electrons. The molecule has 5 nitrogen and oxygen atoms in total. The van der Waals surface area contributed by atoms with Gasteiger partial charge in [-0.2, -0.15) is 0 Å². The largest absolute Gasteiger partial charge is 0.491 e. The second-order valence-electron chi connectivity index (χ2n) is 4.87. The molecule has 0 aliphatic carbocycles. The van der Waals surface area contributed by atoms with Crippen LogP contribution in [0.25, 0.3) is 0 Å². The molecule has 5 heteroatoms. The highest BCUT2D eigenvalue weighted by atomic mass is 16.5. The maximum absolute atomic E-state index is 12.0. The van der Waals surface area contributed by atoms with Crippen LogP contribution in [0.5, 0.6) is 11.5 Å². The number of nitrogens with one attached hydrogen (secondary N) is 1. The van der Waals surface area contributed by atoms with Gasteiger partial charge in [0, 0.05) is 5.56 Å². The van der Waals surface area contributed by atoms with Crippen molar-refractivity contribution in [2.24, 2.45) is 0 Å². The van der Waals surface area contributed by atoms with Crippen molar-refractivity contribution in [2.45, 2.75) is 13.3 Å². The molecule has 1 N–H and O–H groups in total. The number of ether oxygens (including phenoxy) is 2. The van der Waals surface area contributed by atoms with Gasteiger partial charge in [-0.1, -0.05) is 25.1 Å². The Morgan fingerprint density at radius 1 is 1.13 bits per heavy atom. The minimum atomic E-state index is -0.321. The first kappa shape index (κ1) is 16.5. The Labute approximate surface area is 135 Å². The van der Waals surface area contributed by atoms with Crippen molar-refractivity contribution in [1.29, 1.82) is 0 Å². The molecule has 0 saturated carbocycles. The summed E-state index contributed by atoms with van der Waals surface area (Å²) in [5.41, 5.74) is 0.929. The second-order valence-corrected chi connectivity index (χ2v) is 4.87. The predicted octanol–water partition coefficient (Wildman–Crippen LogP) is 3.31. The van der Waals surface area contributed by atoms with Crippen molar-refractivity contribution in [2.75, 3.05) is 18.5 Å². The van der Waals surface area contributed by atoms with Gasteiger partial charge in [0.2, 0.25) is 0 Å². The molecule has 2 rings (SSSR count). The quantitative estimate of drug-likeness (QED) is 0.759. The van der Waals surface area contributed by atoms with Gasteiger partial charge in [-0.05, 0) is 36.8 Å². The molecule has 0 heterocycles. The Morgan fingerprint density at radius 3 is 2.61 bits per heavy atom. The molecule has 0 fully saturated rings. The number of amides is 1. The average molecular weight is 313 g/mol. The van der Waals surface area contributed by atoms with E-state index in [4.69, 9.17) is 9.47 Å². The summed E-state index contributed by atoms with van der Waals surface area (Å²) in [6.45, 7) is 2.40. The van der Waals surface area contributed by atoms with Crippen LogP contribution < -0.4 is 14.8 Å². The topological polar surface area (TPSA) is 64.6 Å². The SMILES string of the molecule is CCCOc1ccc(C=O)cc1NC(=O)COc1ccccc1. The fourth-order valence-electron chi connectivity index (χ4n) is 1.91. The summed E-state index contributed by atoms with van der Waals surface area (Å²) in [4.78, 5) is 22.9. The number of carbonyl (C=O) groups excluding carboxylic acids is 2. The van der Waals surface area contributed by atoms with Crippen LogP contribution in [-0.2, 0) is 4.79 Å². The number of para-hydroxylation sites is 1. The van der Waals surface area contributed by atoms with Crippen molar-refractivity contribution in [3.05, 3.63) is 54.1 Å². The Hall–Kier alpha value is -2.82. The standard InChI is InChI=1S/C18H19NO4/c1-2-10-22-17-9-8-14(12-20)11-16(17)19-18(21)13-23-15-6-4-3-5-7-15/h3-9,11-12H,2,10,13H2,1H3,(H,19,21). The van der Waals surface area contributed by atoms with Crippen LogP contribution in [0.4, 0.5) is 5.69 Å². The highest BCUT2D eigenvalue weighted by molar-refractivity contribution is 5.94.